The molecule has 0 radical (unpaired) electrons. The summed E-state index contributed by atoms with van der Waals surface area (Å²) in [6, 6.07) is 0. The first-order valence-electron chi connectivity index (χ1n) is 3.41. The Hall–Kier alpha value is -1.05. The standard InChI is InChI=1S/C8H12N2/c1-4-7(2)8-5-9-10(3)6-8/h5-6H,2,4H2,1,3H3. The van der Waals surface area contributed by atoms with Gasteiger partial charge in [-0.25, -0.2) is 0 Å². The highest BCUT2D eigenvalue weighted by atomic mass is 15.2. The van der Waals surface area contributed by atoms with Gasteiger partial charge in [0.25, 0.3) is 0 Å². The van der Waals surface area contributed by atoms with Crippen molar-refractivity contribution in [2.24, 2.45) is 7.05 Å². The van der Waals surface area contributed by atoms with Crippen molar-refractivity contribution in [3.05, 3.63) is 24.5 Å². The molecule has 0 N–H and O–H groups in total. The summed E-state index contributed by atoms with van der Waals surface area (Å²) in [5.41, 5.74) is 2.29. The van der Waals surface area contributed by atoms with Gasteiger partial charge in [0.1, 0.15) is 0 Å². The molecular weight excluding hydrogens is 124 g/mol. The van der Waals surface area contributed by atoms with Gasteiger partial charge in [0.2, 0.25) is 0 Å². The van der Waals surface area contributed by atoms with Gasteiger partial charge in [0, 0.05) is 18.8 Å². The Labute approximate surface area is 61.2 Å². The lowest BCUT2D eigenvalue weighted by molar-refractivity contribution is 0.767. The Morgan fingerprint density at radius 3 is 2.90 bits per heavy atom. The molecule has 0 unspecified atom stereocenters. The average Bonchev–Trinajstić information content (AvgIpc) is 2.34. The van der Waals surface area contributed by atoms with Crippen LogP contribution in [-0.2, 0) is 7.05 Å². The highest BCUT2D eigenvalue weighted by Gasteiger charge is 1.96. The zero-order valence-electron chi connectivity index (χ0n) is 6.46. The van der Waals surface area contributed by atoms with E-state index in [-0.39, 0.29) is 0 Å². The molecule has 0 aliphatic carbocycles. The molecule has 1 rings (SSSR count). The van der Waals surface area contributed by atoms with E-state index in [1.54, 1.807) is 4.68 Å². The maximum absolute atomic E-state index is 4.04. The molecule has 1 aromatic rings. The monoisotopic (exact) mass is 136 g/mol. The molecule has 0 atom stereocenters. The summed E-state index contributed by atoms with van der Waals surface area (Å²) in [5, 5.41) is 4.04. The highest BCUT2D eigenvalue weighted by Crippen LogP contribution is 2.13. The summed E-state index contributed by atoms with van der Waals surface area (Å²) in [6.07, 6.45) is 4.81. The van der Waals surface area contributed by atoms with Crippen LogP contribution in [0, 0.1) is 0 Å². The van der Waals surface area contributed by atoms with Crippen LogP contribution in [-0.4, -0.2) is 9.78 Å². The van der Waals surface area contributed by atoms with E-state index in [9.17, 15) is 0 Å². The van der Waals surface area contributed by atoms with Gasteiger partial charge < -0.3 is 0 Å². The molecule has 0 spiro atoms. The van der Waals surface area contributed by atoms with Crippen LogP contribution < -0.4 is 0 Å². The molecule has 0 fully saturated rings. The Kier molecular flexibility index (Phi) is 1.90. The number of aryl methyl sites for hydroxylation is 1. The molecule has 1 aromatic heterocycles. The molecule has 0 aromatic carbocycles. The zero-order chi connectivity index (χ0) is 7.56. The van der Waals surface area contributed by atoms with Crippen LogP contribution in [0.4, 0.5) is 0 Å². The van der Waals surface area contributed by atoms with Gasteiger partial charge in [0.05, 0.1) is 6.20 Å². The van der Waals surface area contributed by atoms with Crippen LogP contribution in [0.5, 0.6) is 0 Å². The van der Waals surface area contributed by atoms with E-state index in [1.807, 2.05) is 19.4 Å². The molecule has 10 heavy (non-hydrogen) atoms. The van der Waals surface area contributed by atoms with Gasteiger partial charge in [-0.3, -0.25) is 4.68 Å². The number of rotatable bonds is 2. The third kappa shape index (κ3) is 1.26. The van der Waals surface area contributed by atoms with E-state index in [4.69, 9.17) is 0 Å². The number of hydrogen-bond donors (Lipinski definition) is 0. The third-order valence-electron chi connectivity index (χ3n) is 1.54. The molecule has 54 valence electrons. The topological polar surface area (TPSA) is 17.8 Å². The van der Waals surface area contributed by atoms with E-state index < -0.39 is 0 Å². The van der Waals surface area contributed by atoms with E-state index >= 15 is 0 Å². The van der Waals surface area contributed by atoms with Gasteiger partial charge in [-0.2, -0.15) is 5.10 Å². The molecule has 1 heterocycles. The molecule has 2 nitrogen and oxygen atoms in total. The van der Waals surface area contributed by atoms with Crippen LogP contribution in [0.2, 0.25) is 0 Å². The first-order chi connectivity index (χ1) is 4.74. The van der Waals surface area contributed by atoms with Crippen LogP contribution in [0.3, 0.4) is 0 Å². The minimum absolute atomic E-state index is 0.992. The predicted octanol–water partition coefficient (Wildman–Crippen LogP) is 1.84. The van der Waals surface area contributed by atoms with E-state index in [1.165, 1.54) is 0 Å². The Bertz CT molecular complexity index is 235. The van der Waals surface area contributed by atoms with Crippen molar-refractivity contribution >= 4 is 5.57 Å². The lowest BCUT2D eigenvalue weighted by Gasteiger charge is -1.93. The minimum atomic E-state index is 0.992. The summed E-state index contributed by atoms with van der Waals surface area (Å²) in [7, 11) is 1.91. The second-order valence-electron chi connectivity index (χ2n) is 2.36. The van der Waals surface area contributed by atoms with Crippen LogP contribution >= 0.6 is 0 Å². The maximum atomic E-state index is 4.04. The maximum Gasteiger partial charge on any atom is 0.0564 e. The zero-order valence-corrected chi connectivity index (χ0v) is 6.46. The fourth-order valence-corrected chi connectivity index (χ4v) is 0.808. The third-order valence-corrected chi connectivity index (χ3v) is 1.54. The second kappa shape index (κ2) is 2.69. The van der Waals surface area contributed by atoms with E-state index in [0.29, 0.717) is 0 Å². The van der Waals surface area contributed by atoms with Crippen molar-refractivity contribution in [3.63, 3.8) is 0 Å². The van der Waals surface area contributed by atoms with Gasteiger partial charge >= 0.3 is 0 Å². The molecule has 0 saturated heterocycles. The summed E-state index contributed by atoms with van der Waals surface area (Å²) < 4.78 is 1.79. The smallest absolute Gasteiger partial charge is 0.0564 e. The summed E-state index contributed by atoms with van der Waals surface area (Å²) in [4.78, 5) is 0. The van der Waals surface area contributed by atoms with Crippen molar-refractivity contribution in [1.82, 2.24) is 9.78 Å². The Morgan fingerprint density at radius 2 is 2.50 bits per heavy atom. The quantitative estimate of drug-likeness (QED) is 0.606. The predicted molar refractivity (Wildman–Crippen MR) is 42.5 cm³/mol. The average molecular weight is 136 g/mol. The summed E-state index contributed by atoms with van der Waals surface area (Å²) in [6.45, 7) is 6.00. The SMILES string of the molecule is C=C(CC)c1cnn(C)c1. The summed E-state index contributed by atoms with van der Waals surface area (Å²) >= 11 is 0. The fourth-order valence-electron chi connectivity index (χ4n) is 0.808. The molecule has 0 amide bonds. The number of allylic oxidation sites excluding steroid dienone is 1. The lowest BCUT2D eigenvalue weighted by atomic mass is 10.1. The Morgan fingerprint density at radius 1 is 1.80 bits per heavy atom. The van der Waals surface area contributed by atoms with E-state index in [0.717, 1.165) is 17.6 Å². The fraction of sp³-hybridized carbons (Fsp3) is 0.375. The van der Waals surface area contributed by atoms with Crippen molar-refractivity contribution in [1.29, 1.82) is 0 Å². The van der Waals surface area contributed by atoms with Crippen molar-refractivity contribution < 1.29 is 0 Å². The van der Waals surface area contributed by atoms with Gasteiger partial charge in [-0.1, -0.05) is 13.5 Å². The molecule has 2 heteroatoms. The molecular formula is C8H12N2. The highest BCUT2D eigenvalue weighted by molar-refractivity contribution is 5.61. The Balaban J connectivity index is 2.85. The van der Waals surface area contributed by atoms with Crippen molar-refractivity contribution in [2.45, 2.75) is 13.3 Å². The molecule has 0 bridgehead atoms. The molecule has 0 aliphatic heterocycles. The largest absolute Gasteiger partial charge is 0.275 e. The van der Waals surface area contributed by atoms with Gasteiger partial charge in [-0.15, -0.1) is 0 Å². The van der Waals surface area contributed by atoms with Crippen LogP contribution in [0.15, 0.2) is 19.0 Å². The summed E-state index contributed by atoms with van der Waals surface area (Å²) in [5.74, 6) is 0. The van der Waals surface area contributed by atoms with Crippen molar-refractivity contribution in [3.8, 4) is 0 Å². The lowest BCUT2D eigenvalue weighted by Crippen LogP contribution is -1.84. The molecule has 0 aliphatic rings. The minimum Gasteiger partial charge on any atom is -0.275 e. The number of aromatic nitrogens is 2. The second-order valence-corrected chi connectivity index (χ2v) is 2.36. The first kappa shape index (κ1) is 7.06. The van der Waals surface area contributed by atoms with Gasteiger partial charge in [0.15, 0.2) is 0 Å². The van der Waals surface area contributed by atoms with Crippen LogP contribution in [0.1, 0.15) is 18.9 Å². The van der Waals surface area contributed by atoms with Crippen molar-refractivity contribution in [2.75, 3.05) is 0 Å². The normalized spacial score (nSPS) is 9.80. The number of hydrogen-bond acceptors (Lipinski definition) is 1. The van der Waals surface area contributed by atoms with Gasteiger partial charge in [-0.05, 0) is 12.0 Å². The van der Waals surface area contributed by atoms with E-state index in [2.05, 4.69) is 18.6 Å². The van der Waals surface area contributed by atoms with Crippen LogP contribution in [0.25, 0.3) is 5.57 Å². The molecule has 0 saturated carbocycles. The number of nitrogens with zero attached hydrogens (tertiary/aromatic N) is 2. The first-order valence-corrected chi connectivity index (χ1v) is 3.41.